The molecule has 0 saturated carbocycles. The summed E-state index contributed by atoms with van der Waals surface area (Å²) in [7, 11) is 2.03. The number of aromatic nitrogens is 3. The molecule has 0 aromatic carbocycles. The van der Waals surface area contributed by atoms with Gasteiger partial charge in [-0.1, -0.05) is 6.92 Å². The fraction of sp³-hybridized carbons (Fsp3) is 0.786. The Bertz CT molecular complexity index is 429. The van der Waals surface area contributed by atoms with Crippen LogP contribution in [0.3, 0.4) is 0 Å². The molecule has 1 unspecified atom stereocenters. The van der Waals surface area contributed by atoms with Gasteiger partial charge in [-0.15, -0.1) is 0 Å². The van der Waals surface area contributed by atoms with Crippen LogP contribution >= 0.6 is 0 Å². The number of anilines is 3. The lowest BCUT2D eigenvalue weighted by Gasteiger charge is -2.29. The Morgan fingerprint density at radius 2 is 1.95 bits per heavy atom. The van der Waals surface area contributed by atoms with Crippen molar-refractivity contribution in [2.45, 2.75) is 33.2 Å². The van der Waals surface area contributed by atoms with Gasteiger partial charge < -0.3 is 19.9 Å². The van der Waals surface area contributed by atoms with Crippen molar-refractivity contribution >= 4 is 17.8 Å². The van der Waals surface area contributed by atoms with E-state index >= 15 is 0 Å². The summed E-state index contributed by atoms with van der Waals surface area (Å²) in [6.45, 7) is 10.2. The van der Waals surface area contributed by atoms with E-state index in [1.54, 1.807) is 0 Å². The van der Waals surface area contributed by atoms with E-state index in [0.717, 1.165) is 51.2 Å². The molecule has 7 nitrogen and oxygen atoms in total. The predicted octanol–water partition coefficient (Wildman–Crippen LogP) is 1.37. The van der Waals surface area contributed by atoms with Crippen LogP contribution in [0.1, 0.15) is 27.2 Å². The number of hydrogen-bond donors (Lipinski definition) is 1. The molecule has 1 aliphatic rings. The molecule has 0 radical (unpaired) electrons. The van der Waals surface area contributed by atoms with Gasteiger partial charge in [0.05, 0.1) is 13.2 Å². The van der Waals surface area contributed by atoms with Gasteiger partial charge in [-0.25, -0.2) is 0 Å². The Hall–Kier alpha value is -1.63. The Balaban J connectivity index is 2.28. The van der Waals surface area contributed by atoms with E-state index in [-0.39, 0.29) is 0 Å². The first-order valence-electron chi connectivity index (χ1n) is 7.71. The van der Waals surface area contributed by atoms with Crippen LogP contribution in [-0.2, 0) is 4.74 Å². The van der Waals surface area contributed by atoms with Crippen LogP contribution in [0.5, 0.6) is 0 Å². The predicted molar refractivity (Wildman–Crippen MR) is 85.2 cm³/mol. The molecule has 2 heterocycles. The first-order valence-corrected chi connectivity index (χ1v) is 7.71. The molecule has 1 atom stereocenters. The van der Waals surface area contributed by atoms with Gasteiger partial charge in [0.15, 0.2) is 0 Å². The summed E-state index contributed by atoms with van der Waals surface area (Å²) in [6.07, 6.45) is 1.05. The van der Waals surface area contributed by atoms with E-state index in [9.17, 15) is 0 Å². The maximum atomic E-state index is 5.39. The molecule has 1 fully saturated rings. The highest BCUT2D eigenvalue weighted by atomic mass is 16.5. The highest BCUT2D eigenvalue weighted by Crippen LogP contribution is 2.18. The van der Waals surface area contributed by atoms with Crippen molar-refractivity contribution < 1.29 is 4.74 Å². The number of nitrogens with zero attached hydrogens (tertiary/aromatic N) is 5. The molecular formula is C14H26N6O. The highest BCUT2D eigenvalue weighted by molar-refractivity contribution is 5.45. The average molecular weight is 294 g/mol. The third kappa shape index (κ3) is 3.93. The Morgan fingerprint density at radius 1 is 1.24 bits per heavy atom. The summed E-state index contributed by atoms with van der Waals surface area (Å²) >= 11 is 0. The second kappa shape index (κ2) is 7.40. The van der Waals surface area contributed by atoms with E-state index in [1.807, 2.05) is 14.0 Å². The number of rotatable bonds is 6. The largest absolute Gasteiger partial charge is 0.378 e. The zero-order chi connectivity index (χ0) is 15.2. The summed E-state index contributed by atoms with van der Waals surface area (Å²) in [6, 6.07) is 0.388. The van der Waals surface area contributed by atoms with Crippen LogP contribution in [0.4, 0.5) is 17.8 Å². The zero-order valence-corrected chi connectivity index (χ0v) is 13.5. The number of morpholine rings is 1. The van der Waals surface area contributed by atoms with Gasteiger partial charge in [0.25, 0.3) is 0 Å². The van der Waals surface area contributed by atoms with Crippen molar-refractivity contribution in [2.75, 3.05) is 55.0 Å². The van der Waals surface area contributed by atoms with E-state index in [1.165, 1.54) is 0 Å². The Morgan fingerprint density at radius 3 is 2.57 bits per heavy atom. The fourth-order valence-electron chi connectivity index (χ4n) is 2.12. The standard InChI is InChI=1S/C14H26N6O/c1-5-11(3)19(4)13-16-12(15-6-2)17-14(18-13)20-7-9-21-10-8-20/h11H,5-10H2,1-4H3,(H,15,16,17,18). The van der Waals surface area contributed by atoms with E-state index in [2.05, 4.69) is 43.9 Å². The van der Waals surface area contributed by atoms with Crippen LogP contribution in [-0.4, -0.2) is 60.9 Å². The second-order valence-corrected chi connectivity index (χ2v) is 5.26. The molecule has 1 aromatic heterocycles. The van der Waals surface area contributed by atoms with Crippen molar-refractivity contribution in [3.63, 3.8) is 0 Å². The highest BCUT2D eigenvalue weighted by Gasteiger charge is 2.19. The van der Waals surface area contributed by atoms with Crippen LogP contribution in [0.25, 0.3) is 0 Å². The summed E-state index contributed by atoms with van der Waals surface area (Å²) in [5.74, 6) is 2.09. The molecule has 0 aliphatic carbocycles. The first kappa shape index (κ1) is 15.8. The molecule has 118 valence electrons. The fourth-order valence-corrected chi connectivity index (χ4v) is 2.12. The van der Waals surface area contributed by atoms with E-state index < -0.39 is 0 Å². The van der Waals surface area contributed by atoms with Crippen molar-refractivity contribution in [2.24, 2.45) is 0 Å². The molecule has 0 spiro atoms. The van der Waals surface area contributed by atoms with Gasteiger partial charge in [-0.2, -0.15) is 15.0 Å². The molecule has 0 bridgehead atoms. The quantitative estimate of drug-likeness (QED) is 0.850. The molecule has 2 rings (SSSR count). The maximum Gasteiger partial charge on any atom is 0.232 e. The molecule has 1 N–H and O–H groups in total. The normalized spacial score (nSPS) is 16.7. The van der Waals surface area contributed by atoms with Gasteiger partial charge in [0.1, 0.15) is 0 Å². The molecular weight excluding hydrogens is 268 g/mol. The van der Waals surface area contributed by atoms with Crippen LogP contribution in [0.15, 0.2) is 0 Å². The molecule has 1 aliphatic heterocycles. The third-order valence-corrected chi connectivity index (χ3v) is 3.81. The molecule has 7 heteroatoms. The molecule has 0 amide bonds. The third-order valence-electron chi connectivity index (χ3n) is 3.81. The van der Waals surface area contributed by atoms with Gasteiger partial charge in [0.2, 0.25) is 17.8 Å². The van der Waals surface area contributed by atoms with Gasteiger partial charge in [0, 0.05) is 32.7 Å². The smallest absolute Gasteiger partial charge is 0.232 e. The SMILES string of the molecule is CCNc1nc(N2CCOCC2)nc(N(C)C(C)CC)n1. The summed E-state index contributed by atoms with van der Waals surface area (Å²) in [5, 5.41) is 3.19. The molecule has 1 saturated heterocycles. The second-order valence-electron chi connectivity index (χ2n) is 5.26. The lowest BCUT2D eigenvalue weighted by Crippen LogP contribution is -2.38. The van der Waals surface area contributed by atoms with Gasteiger partial charge in [-0.3, -0.25) is 0 Å². The maximum absolute atomic E-state index is 5.39. The Kier molecular flexibility index (Phi) is 5.55. The molecule has 1 aromatic rings. The first-order chi connectivity index (χ1) is 10.2. The van der Waals surface area contributed by atoms with Crippen molar-refractivity contribution in [1.82, 2.24) is 15.0 Å². The van der Waals surface area contributed by atoms with Crippen LogP contribution in [0, 0.1) is 0 Å². The van der Waals surface area contributed by atoms with Crippen molar-refractivity contribution in [1.29, 1.82) is 0 Å². The lowest BCUT2D eigenvalue weighted by atomic mass is 10.2. The van der Waals surface area contributed by atoms with Crippen LogP contribution in [0.2, 0.25) is 0 Å². The number of hydrogen-bond acceptors (Lipinski definition) is 7. The topological polar surface area (TPSA) is 66.4 Å². The minimum Gasteiger partial charge on any atom is -0.378 e. The van der Waals surface area contributed by atoms with Crippen LogP contribution < -0.4 is 15.1 Å². The zero-order valence-electron chi connectivity index (χ0n) is 13.5. The van der Waals surface area contributed by atoms with Crippen molar-refractivity contribution in [3.8, 4) is 0 Å². The summed E-state index contributed by atoms with van der Waals surface area (Å²) in [4.78, 5) is 17.9. The molecule has 21 heavy (non-hydrogen) atoms. The van der Waals surface area contributed by atoms with Gasteiger partial charge >= 0.3 is 0 Å². The lowest BCUT2D eigenvalue weighted by molar-refractivity contribution is 0.122. The summed E-state index contributed by atoms with van der Waals surface area (Å²) in [5.41, 5.74) is 0. The average Bonchev–Trinajstić information content (AvgIpc) is 2.54. The Labute approximate surface area is 126 Å². The van der Waals surface area contributed by atoms with Crippen molar-refractivity contribution in [3.05, 3.63) is 0 Å². The number of nitrogens with one attached hydrogen (secondary N) is 1. The number of ether oxygens (including phenoxy) is 1. The summed E-state index contributed by atoms with van der Waals surface area (Å²) < 4.78 is 5.39. The monoisotopic (exact) mass is 294 g/mol. The van der Waals surface area contributed by atoms with E-state index in [4.69, 9.17) is 4.74 Å². The minimum atomic E-state index is 0.388. The minimum absolute atomic E-state index is 0.388. The van der Waals surface area contributed by atoms with Gasteiger partial charge in [-0.05, 0) is 20.3 Å². The van der Waals surface area contributed by atoms with E-state index in [0.29, 0.717) is 12.0 Å².